The van der Waals surface area contributed by atoms with Crippen LogP contribution in [0.4, 0.5) is 0 Å². The number of aliphatic hydroxyl groups excluding tert-OH is 11. The van der Waals surface area contributed by atoms with Crippen LogP contribution in [-0.4, -0.2) is 193 Å². The number of allylic oxidation sites excluding steroid dienone is 13. The van der Waals surface area contributed by atoms with Crippen LogP contribution >= 0.6 is 0 Å². The van der Waals surface area contributed by atoms with Crippen molar-refractivity contribution in [2.45, 2.75) is 317 Å². The number of ether oxygens (including phenoxy) is 6. The second-order valence-electron chi connectivity index (χ2n) is 23.9. The predicted molar refractivity (Wildman–Crippen MR) is 341 cm³/mol. The zero-order valence-corrected chi connectivity index (χ0v) is 53.4. The van der Waals surface area contributed by atoms with Crippen molar-refractivity contribution in [2.24, 2.45) is 0 Å². The van der Waals surface area contributed by atoms with Crippen LogP contribution in [0.1, 0.15) is 213 Å². The Hall–Kier alpha value is -3.03. The van der Waals surface area contributed by atoms with E-state index in [1.807, 2.05) is 6.08 Å². The smallest absolute Gasteiger partial charge is 0.220 e. The summed E-state index contributed by atoms with van der Waals surface area (Å²) in [5.74, 6) is -0.291. The number of carbonyl (C=O) groups excluding carboxylic acids is 1. The Morgan fingerprint density at radius 2 is 0.795 bits per heavy atom. The summed E-state index contributed by atoms with van der Waals surface area (Å²) in [6, 6.07) is -0.994. The first kappa shape index (κ1) is 79.2. The Labute approximate surface area is 527 Å². The molecule has 0 radical (unpaired) electrons. The third kappa shape index (κ3) is 32.5. The van der Waals surface area contributed by atoms with Gasteiger partial charge in [-0.05, 0) is 77.0 Å². The van der Waals surface area contributed by atoms with Crippen molar-refractivity contribution >= 4 is 5.91 Å². The molecule has 508 valence electrons. The highest BCUT2D eigenvalue weighted by Gasteiger charge is 2.53. The molecule has 88 heavy (non-hydrogen) atoms. The van der Waals surface area contributed by atoms with Gasteiger partial charge in [0.25, 0.3) is 0 Å². The summed E-state index contributed by atoms with van der Waals surface area (Å²) in [5.41, 5.74) is 0. The second-order valence-corrected chi connectivity index (χ2v) is 23.9. The molecule has 0 aromatic rings. The molecule has 3 aliphatic heterocycles. The van der Waals surface area contributed by atoms with E-state index in [1.54, 1.807) is 6.08 Å². The Kier molecular flexibility index (Phi) is 45.5. The number of carbonyl (C=O) groups is 1. The van der Waals surface area contributed by atoms with Crippen LogP contribution < -0.4 is 5.32 Å². The van der Waals surface area contributed by atoms with Gasteiger partial charge < -0.3 is 89.9 Å². The molecular formula is C69H119NO18. The number of hydrogen-bond donors (Lipinski definition) is 12. The third-order valence-electron chi connectivity index (χ3n) is 16.4. The first-order valence-electron chi connectivity index (χ1n) is 33.8. The van der Waals surface area contributed by atoms with Crippen LogP contribution in [0, 0.1) is 0 Å². The van der Waals surface area contributed by atoms with Crippen molar-refractivity contribution in [1.82, 2.24) is 5.32 Å². The highest BCUT2D eigenvalue weighted by molar-refractivity contribution is 5.76. The number of rotatable bonds is 50. The molecule has 3 rings (SSSR count). The van der Waals surface area contributed by atoms with E-state index in [2.05, 4.69) is 92.1 Å². The maximum absolute atomic E-state index is 13.4. The van der Waals surface area contributed by atoms with Gasteiger partial charge in [0, 0.05) is 6.42 Å². The van der Waals surface area contributed by atoms with E-state index in [0.717, 1.165) is 83.5 Å². The van der Waals surface area contributed by atoms with Gasteiger partial charge in [-0.2, -0.15) is 0 Å². The van der Waals surface area contributed by atoms with Crippen LogP contribution in [0.25, 0.3) is 0 Å². The molecule has 0 aliphatic carbocycles. The highest BCUT2D eigenvalue weighted by atomic mass is 16.8. The maximum atomic E-state index is 13.4. The van der Waals surface area contributed by atoms with Crippen LogP contribution in [0.2, 0.25) is 0 Å². The second kappa shape index (κ2) is 50.5. The molecular weight excluding hydrogens is 1130 g/mol. The largest absolute Gasteiger partial charge is 0.394 e. The summed E-state index contributed by atoms with van der Waals surface area (Å²) in [7, 11) is 0. The lowest BCUT2D eigenvalue weighted by Gasteiger charge is -2.48. The van der Waals surface area contributed by atoms with Crippen molar-refractivity contribution in [3.05, 3.63) is 85.1 Å². The molecule has 17 unspecified atom stereocenters. The summed E-state index contributed by atoms with van der Waals surface area (Å²) in [4.78, 5) is 13.4. The van der Waals surface area contributed by atoms with E-state index in [9.17, 15) is 61.0 Å². The molecule has 1 amide bonds. The van der Waals surface area contributed by atoms with Crippen molar-refractivity contribution in [2.75, 3.05) is 26.4 Å². The van der Waals surface area contributed by atoms with E-state index in [1.165, 1.54) is 96.3 Å². The highest BCUT2D eigenvalue weighted by Crippen LogP contribution is 2.33. The molecule has 12 N–H and O–H groups in total. The Balaban J connectivity index is 1.41. The molecule has 0 aromatic carbocycles. The first-order valence-corrected chi connectivity index (χ1v) is 33.8. The topological polar surface area (TPSA) is 307 Å². The summed E-state index contributed by atoms with van der Waals surface area (Å²) < 4.78 is 34.3. The van der Waals surface area contributed by atoms with Crippen LogP contribution in [0.5, 0.6) is 0 Å². The monoisotopic (exact) mass is 1250 g/mol. The molecule has 19 nitrogen and oxygen atoms in total. The fourth-order valence-corrected chi connectivity index (χ4v) is 10.9. The Morgan fingerprint density at radius 1 is 0.420 bits per heavy atom. The first-order chi connectivity index (χ1) is 42.8. The summed E-state index contributed by atoms with van der Waals surface area (Å²) in [6.07, 6.45) is 37.1. The normalized spacial score (nSPS) is 28.9. The van der Waals surface area contributed by atoms with Gasteiger partial charge in [-0.1, -0.05) is 214 Å². The van der Waals surface area contributed by atoms with Crippen molar-refractivity contribution in [3.8, 4) is 0 Å². The molecule has 19 heteroatoms. The number of hydrogen-bond acceptors (Lipinski definition) is 18. The summed E-state index contributed by atoms with van der Waals surface area (Å²) in [5, 5.41) is 120. The van der Waals surface area contributed by atoms with Gasteiger partial charge in [-0.15, -0.1) is 0 Å². The van der Waals surface area contributed by atoms with Crippen molar-refractivity contribution in [3.63, 3.8) is 0 Å². The third-order valence-corrected chi connectivity index (χ3v) is 16.4. The Morgan fingerprint density at radius 3 is 1.27 bits per heavy atom. The zero-order valence-electron chi connectivity index (χ0n) is 53.4. The molecule has 3 fully saturated rings. The number of aliphatic hydroxyl groups is 11. The minimum absolute atomic E-state index is 0.229. The Bertz CT molecular complexity index is 1930. The molecule has 0 aromatic heterocycles. The van der Waals surface area contributed by atoms with Gasteiger partial charge in [0.05, 0.1) is 38.6 Å². The minimum atomic E-state index is -1.98. The number of unbranched alkanes of at least 4 members (excludes halogenated alkanes) is 22. The number of nitrogens with one attached hydrogen (secondary N) is 1. The summed E-state index contributed by atoms with van der Waals surface area (Å²) >= 11 is 0. The van der Waals surface area contributed by atoms with E-state index in [0.29, 0.717) is 12.8 Å². The van der Waals surface area contributed by atoms with Gasteiger partial charge in [0.15, 0.2) is 18.9 Å². The zero-order chi connectivity index (χ0) is 64.0. The molecule has 17 atom stereocenters. The molecule has 0 spiro atoms. The van der Waals surface area contributed by atoms with Crippen molar-refractivity contribution < 1.29 is 89.4 Å². The van der Waals surface area contributed by atoms with Crippen LogP contribution in [-0.2, 0) is 33.2 Å². The van der Waals surface area contributed by atoms with Gasteiger partial charge in [-0.3, -0.25) is 4.79 Å². The van der Waals surface area contributed by atoms with Gasteiger partial charge in [-0.25, -0.2) is 0 Å². The fraction of sp³-hybridized carbons (Fsp3) is 0.783. The minimum Gasteiger partial charge on any atom is -0.394 e. The van der Waals surface area contributed by atoms with Gasteiger partial charge in [0.1, 0.15) is 73.2 Å². The molecule has 0 bridgehead atoms. The number of amides is 1. The standard InChI is InChI=1S/C69H119NO18/c1-3-5-7-9-11-13-15-17-19-20-21-22-23-24-25-26-27-28-29-30-31-32-33-35-37-39-41-43-45-47-57(75)70-52(53(74)46-44-42-40-38-36-34-18-16-14-12-10-8-6-4-2)51-83-67-63(81)60(78)65(55(49-72)85-67)88-69-64(82)61(79)66(56(50-73)86-69)87-68-62(80)59(77)58(76)54(48-71)84-68/h5,7,11,13,17,19,21-22,24-25,36,38,44,46,52-56,58-69,71-74,76-82H,3-4,6,8-10,12,14-16,18,20,23,26-35,37,39-43,45,47-51H2,1-2H3,(H,70,75)/b7-5-,13-11-,19-17-,22-21-,25-24-,38-36+,46-44+. The SMILES string of the molecule is CC/C=C\C/C=C\C/C=C\C/C=C\C/C=C\CCCCCCCCCCCCCCCC(=O)NC(COC1OC(CO)C(OC2OC(CO)C(OC3OC(CO)C(O)C(O)C3O)C(O)C2O)C(O)C1O)C(O)/C=C/CC/C=C/CCCCCCCCCC. The predicted octanol–water partition coefficient (Wildman–Crippen LogP) is 8.32. The average Bonchev–Trinajstić information content (AvgIpc) is 2.57. The van der Waals surface area contributed by atoms with E-state index < -0.39 is 124 Å². The molecule has 3 aliphatic rings. The average molecular weight is 1250 g/mol. The lowest BCUT2D eigenvalue weighted by Crippen LogP contribution is -2.66. The maximum Gasteiger partial charge on any atom is 0.220 e. The van der Waals surface area contributed by atoms with Gasteiger partial charge >= 0.3 is 0 Å². The summed E-state index contributed by atoms with van der Waals surface area (Å²) in [6.45, 7) is 1.58. The quantitative estimate of drug-likeness (QED) is 0.0201. The van der Waals surface area contributed by atoms with Gasteiger partial charge in [0.2, 0.25) is 5.91 Å². The lowest BCUT2D eigenvalue weighted by atomic mass is 9.96. The molecule has 3 saturated heterocycles. The van der Waals surface area contributed by atoms with E-state index in [-0.39, 0.29) is 18.9 Å². The van der Waals surface area contributed by atoms with Crippen molar-refractivity contribution in [1.29, 1.82) is 0 Å². The molecule has 3 heterocycles. The van der Waals surface area contributed by atoms with E-state index >= 15 is 0 Å². The van der Waals surface area contributed by atoms with E-state index in [4.69, 9.17) is 28.4 Å². The molecule has 0 saturated carbocycles. The van der Waals surface area contributed by atoms with Crippen LogP contribution in [0.3, 0.4) is 0 Å². The van der Waals surface area contributed by atoms with Crippen LogP contribution in [0.15, 0.2) is 85.1 Å². The fourth-order valence-electron chi connectivity index (χ4n) is 10.9. The lowest BCUT2D eigenvalue weighted by molar-refractivity contribution is -0.379.